The van der Waals surface area contributed by atoms with E-state index in [0.717, 1.165) is 31.1 Å². The highest BCUT2D eigenvalue weighted by molar-refractivity contribution is 6.57. The van der Waals surface area contributed by atoms with Gasteiger partial charge in [-0.15, -0.1) is 0 Å². The number of unbranched alkanes of at least 4 members (excludes halogenated alkanes) is 1. The second-order valence-corrected chi connectivity index (χ2v) is 11.0. The van der Waals surface area contributed by atoms with Crippen molar-refractivity contribution >= 4 is 25.3 Å². The minimum absolute atomic E-state index is 0.0446. The average molecular weight is 477 g/mol. The van der Waals surface area contributed by atoms with Crippen LogP contribution >= 0.6 is 0 Å². The van der Waals surface area contributed by atoms with Gasteiger partial charge in [0.05, 0.1) is 0 Å². The SMILES string of the molecule is [B]C(=O)NCCNC(=O)CCC(C)CCCC(C)CCCCC(C)CCCC(C)CCC(C)=O. The summed E-state index contributed by atoms with van der Waals surface area (Å²) in [6, 6.07) is 0. The first-order valence-electron chi connectivity index (χ1n) is 13.9. The number of carbonyl (C=O) groups is 3. The van der Waals surface area contributed by atoms with Gasteiger partial charge in [0.2, 0.25) is 5.91 Å². The Balaban J connectivity index is 3.63. The fourth-order valence-corrected chi connectivity index (χ4v) is 4.50. The molecule has 0 aromatic heterocycles. The van der Waals surface area contributed by atoms with Gasteiger partial charge >= 0.3 is 0 Å². The van der Waals surface area contributed by atoms with Gasteiger partial charge in [0.25, 0.3) is 0 Å². The van der Waals surface area contributed by atoms with Gasteiger partial charge in [0.1, 0.15) is 5.78 Å². The number of nitrogens with one attached hydrogen (secondary N) is 2. The highest BCUT2D eigenvalue weighted by atomic mass is 16.2. The maximum Gasteiger partial charge on any atom is 0.220 e. The molecule has 0 bridgehead atoms. The van der Waals surface area contributed by atoms with Gasteiger partial charge in [-0.3, -0.25) is 9.59 Å². The lowest BCUT2D eigenvalue weighted by Crippen LogP contribution is -2.34. The highest BCUT2D eigenvalue weighted by Crippen LogP contribution is 2.23. The summed E-state index contributed by atoms with van der Waals surface area (Å²) >= 11 is 0. The van der Waals surface area contributed by atoms with Crippen molar-refractivity contribution in [3.8, 4) is 0 Å². The third-order valence-electron chi connectivity index (χ3n) is 7.03. The lowest BCUT2D eigenvalue weighted by Gasteiger charge is -2.16. The summed E-state index contributed by atoms with van der Waals surface area (Å²) in [6.45, 7) is 11.8. The molecule has 0 spiro atoms. The van der Waals surface area contributed by atoms with Crippen molar-refractivity contribution in [1.82, 2.24) is 10.6 Å². The van der Waals surface area contributed by atoms with Crippen LogP contribution in [-0.2, 0) is 9.59 Å². The molecule has 2 N–H and O–H groups in total. The van der Waals surface area contributed by atoms with E-state index in [-0.39, 0.29) is 5.91 Å². The van der Waals surface area contributed by atoms with Crippen LogP contribution in [0, 0.1) is 23.7 Å². The van der Waals surface area contributed by atoms with Gasteiger partial charge in [0, 0.05) is 25.9 Å². The molecule has 0 aromatic carbocycles. The van der Waals surface area contributed by atoms with Gasteiger partial charge < -0.3 is 15.4 Å². The lowest BCUT2D eigenvalue weighted by molar-refractivity contribution is -0.121. The maximum atomic E-state index is 11.8. The van der Waals surface area contributed by atoms with Gasteiger partial charge in [-0.2, -0.15) is 0 Å². The maximum absolute atomic E-state index is 11.8. The van der Waals surface area contributed by atoms with Crippen molar-refractivity contribution in [2.45, 2.75) is 125 Å². The molecule has 5 nitrogen and oxygen atoms in total. The van der Waals surface area contributed by atoms with Crippen LogP contribution in [0.15, 0.2) is 0 Å². The van der Waals surface area contributed by atoms with E-state index in [9.17, 15) is 14.4 Å². The van der Waals surface area contributed by atoms with Crippen LogP contribution < -0.4 is 10.6 Å². The molecule has 2 amide bonds. The fourth-order valence-electron chi connectivity index (χ4n) is 4.50. The minimum atomic E-state index is -0.564. The first-order valence-corrected chi connectivity index (χ1v) is 13.9. The zero-order valence-corrected chi connectivity index (χ0v) is 22.9. The van der Waals surface area contributed by atoms with Crippen molar-refractivity contribution in [3.63, 3.8) is 0 Å². The summed E-state index contributed by atoms with van der Waals surface area (Å²) in [5.74, 6) is 2.63. The third-order valence-corrected chi connectivity index (χ3v) is 7.03. The molecule has 0 aliphatic heterocycles. The molecule has 34 heavy (non-hydrogen) atoms. The predicted molar refractivity (Wildman–Crippen MR) is 144 cm³/mol. The van der Waals surface area contributed by atoms with Crippen molar-refractivity contribution < 1.29 is 14.4 Å². The van der Waals surface area contributed by atoms with Crippen molar-refractivity contribution in [2.75, 3.05) is 13.1 Å². The molecular formula is C28H53BN2O3. The lowest BCUT2D eigenvalue weighted by atomic mass is 9.90. The van der Waals surface area contributed by atoms with Crippen LogP contribution in [-0.4, -0.2) is 38.4 Å². The van der Waals surface area contributed by atoms with Crippen LogP contribution in [0.5, 0.6) is 0 Å². The normalized spacial score (nSPS) is 14.7. The van der Waals surface area contributed by atoms with E-state index in [1.807, 2.05) is 0 Å². The fraction of sp³-hybridized carbons (Fsp3) is 0.893. The Hall–Kier alpha value is -1.33. The molecule has 0 saturated carbocycles. The van der Waals surface area contributed by atoms with E-state index in [0.29, 0.717) is 37.1 Å². The van der Waals surface area contributed by atoms with E-state index in [1.54, 1.807) is 6.92 Å². The molecule has 0 aliphatic carbocycles. The summed E-state index contributed by atoms with van der Waals surface area (Å²) in [7, 11) is 4.99. The number of carbonyl (C=O) groups excluding carboxylic acids is 3. The number of rotatable bonds is 22. The van der Waals surface area contributed by atoms with Gasteiger partial charge in [-0.05, 0) is 43.4 Å². The second kappa shape index (κ2) is 21.0. The van der Waals surface area contributed by atoms with Crippen LogP contribution in [0.1, 0.15) is 125 Å². The number of hydrogen-bond donors (Lipinski definition) is 2. The van der Waals surface area contributed by atoms with E-state index < -0.39 is 5.81 Å². The standard InChI is InChI=1S/C28H53BN2O3/c1-22(12-8-14-24(3)16-18-26(5)32)10-6-7-11-23(2)13-9-15-25(4)17-19-27(33)30-20-21-31-28(29)34/h22-25H,6-21H2,1-5H3,(H,30,33)(H,31,34). The Morgan fingerprint density at radius 2 is 0.971 bits per heavy atom. The van der Waals surface area contributed by atoms with Gasteiger partial charge in [-0.25, -0.2) is 0 Å². The Morgan fingerprint density at radius 1 is 0.588 bits per heavy atom. The molecule has 0 rings (SSSR count). The topological polar surface area (TPSA) is 75.3 Å². The van der Waals surface area contributed by atoms with E-state index in [4.69, 9.17) is 7.85 Å². The van der Waals surface area contributed by atoms with Crippen LogP contribution in [0.4, 0.5) is 4.79 Å². The van der Waals surface area contributed by atoms with Gasteiger partial charge in [-0.1, -0.05) is 91.9 Å². The van der Waals surface area contributed by atoms with Crippen LogP contribution in [0.2, 0.25) is 0 Å². The highest BCUT2D eigenvalue weighted by Gasteiger charge is 2.10. The monoisotopic (exact) mass is 476 g/mol. The molecule has 0 aliphatic rings. The molecule has 0 fully saturated rings. The van der Waals surface area contributed by atoms with E-state index >= 15 is 0 Å². The van der Waals surface area contributed by atoms with Crippen molar-refractivity contribution in [1.29, 1.82) is 0 Å². The smallest absolute Gasteiger partial charge is 0.220 e. The molecule has 0 aromatic rings. The Bertz CT molecular complexity index is 556. The molecule has 196 valence electrons. The predicted octanol–water partition coefficient (Wildman–Crippen LogP) is 6.58. The van der Waals surface area contributed by atoms with Crippen molar-refractivity contribution in [2.24, 2.45) is 23.7 Å². The van der Waals surface area contributed by atoms with Crippen LogP contribution in [0.25, 0.3) is 0 Å². The summed E-state index contributed by atoms with van der Waals surface area (Å²) in [4.78, 5) is 33.5. The summed E-state index contributed by atoms with van der Waals surface area (Å²) in [5, 5.41) is 5.27. The third kappa shape index (κ3) is 22.5. The summed E-state index contributed by atoms with van der Waals surface area (Å²) in [6.07, 6.45) is 16.2. The van der Waals surface area contributed by atoms with E-state index in [2.05, 4.69) is 38.3 Å². The molecule has 2 radical (unpaired) electrons. The zero-order valence-electron chi connectivity index (χ0n) is 22.9. The molecular weight excluding hydrogens is 423 g/mol. The molecule has 6 heteroatoms. The second-order valence-electron chi connectivity index (χ2n) is 11.0. The van der Waals surface area contributed by atoms with Crippen LogP contribution in [0.3, 0.4) is 0 Å². The first-order chi connectivity index (χ1) is 16.1. The Kier molecular flexibility index (Phi) is 20.2. The Labute approximate surface area is 211 Å². The largest absolute Gasteiger partial charge is 0.364 e. The van der Waals surface area contributed by atoms with Gasteiger partial charge in [0.15, 0.2) is 13.7 Å². The minimum Gasteiger partial charge on any atom is -0.364 e. The molecule has 0 saturated heterocycles. The number of ketones is 1. The first kappa shape index (κ1) is 32.7. The molecule has 4 unspecified atom stereocenters. The number of Topliss-reactive ketones (excluding diaryl/α,β-unsaturated/α-hetero) is 1. The number of amides is 2. The molecule has 4 atom stereocenters. The molecule has 0 heterocycles. The average Bonchev–Trinajstić information content (AvgIpc) is 2.76. The zero-order chi connectivity index (χ0) is 25.8. The summed E-state index contributed by atoms with van der Waals surface area (Å²) in [5.41, 5.74) is 0. The number of hydrogen-bond acceptors (Lipinski definition) is 3. The quantitative estimate of drug-likeness (QED) is 0.137. The van der Waals surface area contributed by atoms with E-state index in [1.165, 1.54) is 64.2 Å². The summed E-state index contributed by atoms with van der Waals surface area (Å²) < 4.78 is 0. The van der Waals surface area contributed by atoms with Crippen molar-refractivity contribution in [3.05, 3.63) is 0 Å². The Morgan fingerprint density at radius 3 is 1.41 bits per heavy atom.